The quantitative estimate of drug-likeness (QED) is 0.583. The Morgan fingerprint density at radius 3 is 2.37 bits per heavy atom. The SMILES string of the molecule is O=C(CS(=O)(=O)Nc1ccc(N2CCCCC2)cc1)NCC(=O)Nc1cccnc1. The number of nitrogens with zero attached hydrogens (tertiary/aromatic N) is 2. The fourth-order valence-corrected chi connectivity index (χ4v) is 4.17. The minimum Gasteiger partial charge on any atom is -0.372 e. The summed E-state index contributed by atoms with van der Waals surface area (Å²) in [6, 6.07) is 10.4. The lowest BCUT2D eigenvalue weighted by Crippen LogP contribution is -2.37. The molecule has 160 valence electrons. The molecular formula is C20H25N5O4S. The van der Waals surface area contributed by atoms with E-state index in [4.69, 9.17) is 0 Å². The van der Waals surface area contributed by atoms with Crippen molar-refractivity contribution < 1.29 is 18.0 Å². The number of pyridine rings is 1. The van der Waals surface area contributed by atoms with E-state index in [-0.39, 0.29) is 6.54 Å². The van der Waals surface area contributed by atoms with Gasteiger partial charge in [0.05, 0.1) is 18.4 Å². The highest BCUT2D eigenvalue weighted by atomic mass is 32.2. The summed E-state index contributed by atoms with van der Waals surface area (Å²) in [4.78, 5) is 29.9. The summed E-state index contributed by atoms with van der Waals surface area (Å²) < 4.78 is 26.9. The van der Waals surface area contributed by atoms with Crippen LogP contribution in [0.1, 0.15) is 19.3 Å². The van der Waals surface area contributed by atoms with Gasteiger partial charge in [-0.05, 0) is 55.7 Å². The van der Waals surface area contributed by atoms with E-state index in [9.17, 15) is 18.0 Å². The monoisotopic (exact) mass is 431 g/mol. The predicted octanol–water partition coefficient (Wildman–Crippen LogP) is 1.57. The number of piperidine rings is 1. The topological polar surface area (TPSA) is 121 Å². The van der Waals surface area contributed by atoms with Crippen molar-refractivity contribution in [1.29, 1.82) is 0 Å². The molecule has 30 heavy (non-hydrogen) atoms. The van der Waals surface area contributed by atoms with Gasteiger partial charge in [-0.15, -0.1) is 0 Å². The van der Waals surface area contributed by atoms with Crippen LogP contribution < -0.4 is 20.3 Å². The predicted molar refractivity (Wildman–Crippen MR) is 116 cm³/mol. The number of anilines is 3. The lowest BCUT2D eigenvalue weighted by atomic mass is 10.1. The molecule has 3 N–H and O–H groups in total. The molecule has 0 spiro atoms. The standard InChI is InChI=1S/C20H25N5O4S/c26-19(23-17-5-4-10-21-13-17)14-22-20(27)15-30(28,29)24-16-6-8-18(9-7-16)25-11-2-1-3-12-25/h4-10,13,24H,1-3,11-12,14-15H2,(H,22,27)(H,23,26). The highest BCUT2D eigenvalue weighted by Gasteiger charge is 2.18. The summed E-state index contributed by atoms with van der Waals surface area (Å²) in [5.41, 5.74) is 1.92. The number of nitrogens with one attached hydrogen (secondary N) is 3. The molecule has 0 unspecified atom stereocenters. The smallest absolute Gasteiger partial charge is 0.243 e. The molecule has 1 aliphatic rings. The number of hydrogen-bond acceptors (Lipinski definition) is 6. The van der Waals surface area contributed by atoms with E-state index in [0.29, 0.717) is 11.4 Å². The first kappa shape index (κ1) is 21.6. The van der Waals surface area contributed by atoms with Crippen LogP contribution in [0, 0.1) is 0 Å². The van der Waals surface area contributed by atoms with E-state index in [1.165, 1.54) is 12.6 Å². The highest BCUT2D eigenvalue weighted by Crippen LogP contribution is 2.22. The molecule has 2 heterocycles. The molecule has 0 radical (unpaired) electrons. The third-order valence-electron chi connectivity index (χ3n) is 4.57. The normalized spacial score (nSPS) is 14.1. The Morgan fingerprint density at radius 1 is 0.967 bits per heavy atom. The van der Waals surface area contributed by atoms with E-state index in [1.807, 2.05) is 12.1 Å². The van der Waals surface area contributed by atoms with E-state index in [0.717, 1.165) is 31.6 Å². The molecule has 0 aliphatic carbocycles. The van der Waals surface area contributed by atoms with Crippen molar-refractivity contribution in [3.8, 4) is 0 Å². The van der Waals surface area contributed by atoms with Crippen molar-refractivity contribution in [2.24, 2.45) is 0 Å². The van der Waals surface area contributed by atoms with Crippen LogP contribution in [-0.4, -0.2) is 50.6 Å². The molecule has 1 aliphatic heterocycles. The average Bonchev–Trinajstić information content (AvgIpc) is 2.73. The summed E-state index contributed by atoms with van der Waals surface area (Å²) >= 11 is 0. The molecule has 1 aromatic heterocycles. The Bertz CT molecular complexity index is 958. The molecule has 2 amide bonds. The van der Waals surface area contributed by atoms with Gasteiger partial charge >= 0.3 is 0 Å². The van der Waals surface area contributed by atoms with Crippen LogP contribution >= 0.6 is 0 Å². The van der Waals surface area contributed by atoms with Crippen molar-refractivity contribution in [2.75, 3.05) is 40.3 Å². The number of amides is 2. The number of sulfonamides is 1. The number of rotatable bonds is 8. The van der Waals surface area contributed by atoms with Gasteiger partial charge in [0, 0.05) is 30.7 Å². The largest absolute Gasteiger partial charge is 0.372 e. The molecule has 2 aromatic rings. The zero-order chi connectivity index (χ0) is 21.4. The second-order valence-electron chi connectivity index (χ2n) is 7.02. The van der Waals surface area contributed by atoms with Gasteiger partial charge in [0.15, 0.2) is 0 Å². The third kappa shape index (κ3) is 6.73. The minimum absolute atomic E-state index is 0.340. The summed E-state index contributed by atoms with van der Waals surface area (Å²) in [5, 5.41) is 4.85. The Hall–Kier alpha value is -3.14. The van der Waals surface area contributed by atoms with Crippen LogP contribution in [0.25, 0.3) is 0 Å². The van der Waals surface area contributed by atoms with Crippen LogP contribution in [0.3, 0.4) is 0 Å². The summed E-state index contributed by atoms with van der Waals surface area (Å²) in [5.74, 6) is -2.02. The molecule has 3 rings (SSSR count). The number of carbonyl (C=O) groups excluding carboxylic acids is 2. The number of benzene rings is 1. The van der Waals surface area contributed by atoms with Crippen molar-refractivity contribution in [1.82, 2.24) is 10.3 Å². The Morgan fingerprint density at radius 2 is 1.70 bits per heavy atom. The van der Waals surface area contributed by atoms with Crippen LogP contribution in [0.15, 0.2) is 48.8 Å². The van der Waals surface area contributed by atoms with Gasteiger partial charge in [0.1, 0.15) is 5.75 Å². The molecule has 1 fully saturated rings. The molecule has 0 saturated carbocycles. The van der Waals surface area contributed by atoms with E-state index in [1.54, 1.807) is 30.5 Å². The van der Waals surface area contributed by atoms with Gasteiger partial charge in [-0.25, -0.2) is 8.42 Å². The molecule has 10 heteroatoms. The maximum atomic E-state index is 12.2. The Kier molecular flexibility index (Phi) is 7.23. The first-order valence-electron chi connectivity index (χ1n) is 9.73. The summed E-state index contributed by atoms with van der Waals surface area (Å²) in [6.45, 7) is 1.66. The van der Waals surface area contributed by atoms with Crippen molar-refractivity contribution in [3.05, 3.63) is 48.8 Å². The van der Waals surface area contributed by atoms with E-state index >= 15 is 0 Å². The summed E-state index contributed by atoms with van der Waals surface area (Å²) in [6.07, 6.45) is 6.58. The van der Waals surface area contributed by atoms with Gasteiger partial charge in [0.25, 0.3) is 0 Å². The first-order chi connectivity index (χ1) is 14.4. The first-order valence-corrected chi connectivity index (χ1v) is 11.4. The van der Waals surface area contributed by atoms with Gasteiger partial charge in [-0.3, -0.25) is 19.3 Å². The maximum absolute atomic E-state index is 12.2. The van der Waals surface area contributed by atoms with E-state index < -0.39 is 27.6 Å². The van der Waals surface area contributed by atoms with Gasteiger partial charge in [-0.1, -0.05) is 0 Å². The second-order valence-corrected chi connectivity index (χ2v) is 8.74. The Labute approximate surface area is 175 Å². The molecule has 1 saturated heterocycles. The molecule has 9 nitrogen and oxygen atoms in total. The molecule has 0 bridgehead atoms. The third-order valence-corrected chi connectivity index (χ3v) is 5.76. The number of aromatic nitrogens is 1. The van der Waals surface area contributed by atoms with Crippen molar-refractivity contribution in [3.63, 3.8) is 0 Å². The average molecular weight is 432 g/mol. The zero-order valence-corrected chi connectivity index (χ0v) is 17.3. The Balaban J connectivity index is 1.45. The lowest BCUT2D eigenvalue weighted by molar-refractivity contribution is -0.122. The fraction of sp³-hybridized carbons (Fsp3) is 0.350. The number of hydrogen-bond donors (Lipinski definition) is 3. The van der Waals surface area contributed by atoms with Gasteiger partial charge in [0.2, 0.25) is 21.8 Å². The molecule has 0 atom stereocenters. The maximum Gasteiger partial charge on any atom is 0.243 e. The van der Waals surface area contributed by atoms with Gasteiger partial charge < -0.3 is 15.5 Å². The van der Waals surface area contributed by atoms with Crippen molar-refractivity contribution in [2.45, 2.75) is 19.3 Å². The lowest BCUT2D eigenvalue weighted by Gasteiger charge is -2.28. The summed E-state index contributed by atoms with van der Waals surface area (Å²) in [7, 11) is -3.90. The van der Waals surface area contributed by atoms with Gasteiger partial charge in [-0.2, -0.15) is 0 Å². The molecular weight excluding hydrogens is 406 g/mol. The van der Waals surface area contributed by atoms with Crippen LogP contribution in [0.4, 0.5) is 17.1 Å². The zero-order valence-electron chi connectivity index (χ0n) is 16.5. The van der Waals surface area contributed by atoms with Crippen LogP contribution in [0.5, 0.6) is 0 Å². The van der Waals surface area contributed by atoms with E-state index in [2.05, 4.69) is 25.2 Å². The van der Waals surface area contributed by atoms with Crippen molar-refractivity contribution >= 4 is 38.9 Å². The van der Waals surface area contributed by atoms with Crippen LogP contribution in [0.2, 0.25) is 0 Å². The second kappa shape index (κ2) is 10.1. The highest BCUT2D eigenvalue weighted by molar-refractivity contribution is 7.93. The molecule has 1 aromatic carbocycles. The fourth-order valence-electron chi connectivity index (χ4n) is 3.15. The minimum atomic E-state index is -3.90. The van der Waals surface area contributed by atoms with Crippen LogP contribution in [-0.2, 0) is 19.6 Å². The number of carbonyl (C=O) groups is 2.